The quantitative estimate of drug-likeness (QED) is 0.665. The number of rotatable bonds is 2. The second-order valence-corrected chi connectivity index (χ2v) is 3.71. The van der Waals surface area contributed by atoms with Crippen LogP contribution < -0.4 is 0 Å². The zero-order chi connectivity index (χ0) is 7.40. The van der Waals surface area contributed by atoms with Crippen LogP contribution in [0.15, 0.2) is 30.3 Å². The van der Waals surface area contributed by atoms with Gasteiger partial charge >= 0.3 is 73.4 Å². The first-order valence-corrected chi connectivity index (χ1v) is 4.71. The van der Waals surface area contributed by atoms with Crippen molar-refractivity contribution in [2.75, 3.05) is 0 Å². The van der Waals surface area contributed by atoms with Gasteiger partial charge in [0, 0.05) is 0 Å². The molecule has 0 fully saturated rings. The normalized spacial score (nSPS) is 12.9. The van der Waals surface area contributed by atoms with Crippen LogP contribution in [0.5, 0.6) is 0 Å². The molecule has 0 heterocycles. The molecule has 0 aliphatic carbocycles. The van der Waals surface area contributed by atoms with Crippen molar-refractivity contribution < 1.29 is 19.8 Å². The number of hydrogen-bond acceptors (Lipinski definition) is 0. The van der Waals surface area contributed by atoms with Crippen LogP contribution in [0.4, 0.5) is 0 Å². The SMILES string of the molecule is CC[CH]([Mo])c1ccccc1. The van der Waals surface area contributed by atoms with Gasteiger partial charge in [-0.1, -0.05) is 0 Å². The summed E-state index contributed by atoms with van der Waals surface area (Å²) in [6, 6.07) is 10.6. The van der Waals surface area contributed by atoms with Crippen molar-refractivity contribution >= 4 is 0 Å². The molecule has 0 saturated carbocycles. The summed E-state index contributed by atoms with van der Waals surface area (Å²) in [6.45, 7) is 2.22. The predicted octanol–water partition coefficient (Wildman–Crippen LogP) is 2.68. The molecule has 1 aromatic rings. The Morgan fingerprint density at radius 2 is 1.90 bits per heavy atom. The predicted molar refractivity (Wildman–Crippen MR) is 39.5 cm³/mol. The fraction of sp³-hybridized carbons (Fsp3) is 0.333. The van der Waals surface area contributed by atoms with Crippen molar-refractivity contribution in [1.29, 1.82) is 0 Å². The molecule has 0 spiro atoms. The summed E-state index contributed by atoms with van der Waals surface area (Å²) in [5.74, 6) is 0. The van der Waals surface area contributed by atoms with Crippen molar-refractivity contribution in [1.82, 2.24) is 0 Å². The minimum atomic E-state index is 0.719. The minimum absolute atomic E-state index is 0.719. The average Bonchev–Trinajstić information content (AvgIpc) is 2.05. The Balaban J connectivity index is 2.75. The van der Waals surface area contributed by atoms with Crippen LogP contribution in [-0.4, -0.2) is 0 Å². The van der Waals surface area contributed by atoms with Gasteiger partial charge in [0.2, 0.25) is 0 Å². The van der Waals surface area contributed by atoms with Gasteiger partial charge in [-0.05, 0) is 0 Å². The molecule has 0 radical (unpaired) electrons. The molecule has 1 rings (SSSR count). The van der Waals surface area contributed by atoms with Gasteiger partial charge in [-0.15, -0.1) is 0 Å². The van der Waals surface area contributed by atoms with E-state index in [0.29, 0.717) is 0 Å². The molecule has 10 heavy (non-hydrogen) atoms. The molecule has 0 aliphatic rings. The molecule has 0 bridgehead atoms. The first-order valence-electron chi connectivity index (χ1n) is 3.55. The Hall–Kier alpha value is -0.0917. The van der Waals surface area contributed by atoms with Crippen LogP contribution in [0.1, 0.15) is 23.2 Å². The summed E-state index contributed by atoms with van der Waals surface area (Å²) in [5, 5.41) is 0. The fourth-order valence-corrected chi connectivity index (χ4v) is 1.29. The molecule has 1 aromatic carbocycles. The van der Waals surface area contributed by atoms with E-state index in [4.69, 9.17) is 0 Å². The summed E-state index contributed by atoms with van der Waals surface area (Å²) < 4.78 is 0.719. The van der Waals surface area contributed by atoms with E-state index in [1.807, 2.05) is 0 Å². The summed E-state index contributed by atoms with van der Waals surface area (Å²) in [7, 11) is 0. The van der Waals surface area contributed by atoms with Crippen molar-refractivity contribution in [2.45, 2.75) is 17.7 Å². The van der Waals surface area contributed by atoms with Crippen molar-refractivity contribution in [3.05, 3.63) is 35.9 Å². The van der Waals surface area contributed by atoms with Gasteiger partial charge < -0.3 is 0 Å². The fourth-order valence-electron chi connectivity index (χ4n) is 0.903. The Labute approximate surface area is 73.5 Å². The monoisotopic (exact) mass is 217 g/mol. The Kier molecular flexibility index (Phi) is 3.15. The van der Waals surface area contributed by atoms with Gasteiger partial charge in [-0.2, -0.15) is 0 Å². The van der Waals surface area contributed by atoms with E-state index < -0.39 is 0 Å². The zero-order valence-corrected chi connectivity index (χ0v) is 8.09. The molecule has 1 atom stereocenters. The Morgan fingerprint density at radius 3 is 2.40 bits per heavy atom. The summed E-state index contributed by atoms with van der Waals surface area (Å²) in [6.07, 6.45) is 1.23. The molecule has 0 saturated heterocycles. The van der Waals surface area contributed by atoms with Gasteiger partial charge in [0.1, 0.15) is 0 Å². The van der Waals surface area contributed by atoms with E-state index in [1.54, 1.807) is 0 Å². The molecule has 0 nitrogen and oxygen atoms in total. The van der Waals surface area contributed by atoms with Crippen molar-refractivity contribution in [2.24, 2.45) is 0 Å². The number of hydrogen-bond donors (Lipinski definition) is 0. The van der Waals surface area contributed by atoms with Gasteiger partial charge in [0.05, 0.1) is 0 Å². The summed E-state index contributed by atoms with van der Waals surface area (Å²) in [4.78, 5) is 0. The molecule has 0 N–H and O–H groups in total. The number of benzene rings is 1. The van der Waals surface area contributed by atoms with E-state index >= 15 is 0 Å². The molecule has 0 amide bonds. The molecule has 1 heteroatoms. The third-order valence-corrected chi connectivity index (χ3v) is 3.03. The van der Waals surface area contributed by atoms with Crippen molar-refractivity contribution in [3.8, 4) is 0 Å². The van der Waals surface area contributed by atoms with E-state index in [0.717, 1.165) is 4.31 Å². The molecule has 53 valence electrons. The van der Waals surface area contributed by atoms with E-state index in [2.05, 4.69) is 57.1 Å². The van der Waals surface area contributed by atoms with E-state index in [9.17, 15) is 0 Å². The van der Waals surface area contributed by atoms with Crippen LogP contribution in [0.3, 0.4) is 0 Å². The molecule has 1 unspecified atom stereocenters. The van der Waals surface area contributed by atoms with Crippen LogP contribution in [0, 0.1) is 0 Å². The summed E-state index contributed by atoms with van der Waals surface area (Å²) >= 11 is 2.19. The molecular formula is C9H11Mo. The Bertz CT molecular complexity index is 181. The standard InChI is InChI=1S/C9H11.Mo/c1-2-6-9-7-4-3-5-8-9;/h3-8H,2H2,1H3;. The topological polar surface area (TPSA) is 0 Å². The van der Waals surface area contributed by atoms with Gasteiger partial charge in [-0.3, -0.25) is 0 Å². The van der Waals surface area contributed by atoms with Crippen LogP contribution in [-0.2, 0) is 19.8 Å². The second-order valence-electron chi connectivity index (χ2n) is 2.31. The van der Waals surface area contributed by atoms with Crippen LogP contribution in [0.25, 0.3) is 0 Å². The first kappa shape index (κ1) is 8.01. The van der Waals surface area contributed by atoms with E-state index in [-0.39, 0.29) is 0 Å². The van der Waals surface area contributed by atoms with Crippen LogP contribution >= 0.6 is 0 Å². The molecule has 0 aromatic heterocycles. The molecule has 0 aliphatic heterocycles. The Morgan fingerprint density at radius 1 is 1.30 bits per heavy atom. The second kappa shape index (κ2) is 3.93. The zero-order valence-electron chi connectivity index (χ0n) is 6.08. The third kappa shape index (κ3) is 1.95. The van der Waals surface area contributed by atoms with Crippen molar-refractivity contribution in [3.63, 3.8) is 0 Å². The maximum absolute atomic E-state index is 2.22. The van der Waals surface area contributed by atoms with Gasteiger partial charge in [-0.25, -0.2) is 0 Å². The average molecular weight is 215 g/mol. The van der Waals surface area contributed by atoms with Crippen LogP contribution in [0.2, 0.25) is 0 Å². The van der Waals surface area contributed by atoms with Gasteiger partial charge in [0.15, 0.2) is 0 Å². The van der Waals surface area contributed by atoms with E-state index in [1.165, 1.54) is 12.0 Å². The first-order chi connectivity index (χ1) is 4.84. The summed E-state index contributed by atoms with van der Waals surface area (Å²) in [5.41, 5.74) is 1.45. The van der Waals surface area contributed by atoms with Gasteiger partial charge in [0.25, 0.3) is 0 Å². The molecular weight excluding hydrogens is 204 g/mol. The third-order valence-electron chi connectivity index (χ3n) is 1.54. The maximum atomic E-state index is 2.22.